The molecule has 126 valence electrons. The van der Waals surface area contributed by atoms with Gasteiger partial charge in [-0.05, 0) is 24.3 Å². The van der Waals surface area contributed by atoms with Crippen LogP contribution in [-0.2, 0) is 4.79 Å². The molecule has 0 bridgehead atoms. The maximum Gasteiger partial charge on any atom is 0.293 e. The summed E-state index contributed by atoms with van der Waals surface area (Å²) in [5.41, 5.74) is 0.880. The second kappa shape index (κ2) is 6.48. The fourth-order valence-electron chi connectivity index (χ4n) is 2.75. The van der Waals surface area contributed by atoms with Crippen LogP contribution >= 0.6 is 11.3 Å². The van der Waals surface area contributed by atoms with Gasteiger partial charge >= 0.3 is 0 Å². The van der Waals surface area contributed by atoms with Crippen LogP contribution in [0.15, 0.2) is 53.1 Å². The van der Waals surface area contributed by atoms with E-state index in [-0.39, 0.29) is 23.5 Å². The summed E-state index contributed by atoms with van der Waals surface area (Å²) in [5.74, 6) is -0.129. The minimum atomic E-state index is -0.374. The van der Waals surface area contributed by atoms with E-state index in [9.17, 15) is 9.59 Å². The molecular formula is C17H14N4O3S. The molecule has 1 atom stereocenters. The van der Waals surface area contributed by atoms with Crippen molar-refractivity contribution in [3.05, 3.63) is 59.5 Å². The first kappa shape index (κ1) is 15.5. The summed E-state index contributed by atoms with van der Waals surface area (Å²) >= 11 is 1.28. The van der Waals surface area contributed by atoms with Crippen molar-refractivity contribution < 1.29 is 14.0 Å². The van der Waals surface area contributed by atoms with Crippen LogP contribution in [0, 0.1) is 0 Å². The molecule has 7 nitrogen and oxygen atoms in total. The maximum atomic E-state index is 12.3. The number of carbonyl (C=O) groups excluding carboxylic acids is 2. The molecule has 8 heteroatoms. The third-order valence-electron chi connectivity index (χ3n) is 3.95. The average molecular weight is 354 g/mol. The predicted octanol–water partition coefficient (Wildman–Crippen LogP) is 2.90. The van der Waals surface area contributed by atoms with Crippen molar-refractivity contribution in [2.24, 2.45) is 0 Å². The van der Waals surface area contributed by atoms with Gasteiger partial charge in [-0.25, -0.2) is 0 Å². The SMILES string of the molecule is O=C(Nc1nnc(C2CC(=O)N(c3ccccc3)C2)s1)c1ccco1. The zero-order valence-electron chi connectivity index (χ0n) is 13.1. The molecule has 3 heterocycles. The monoisotopic (exact) mass is 354 g/mol. The van der Waals surface area contributed by atoms with Gasteiger partial charge in [0.15, 0.2) is 5.76 Å². The van der Waals surface area contributed by atoms with Crippen LogP contribution < -0.4 is 10.2 Å². The van der Waals surface area contributed by atoms with E-state index in [2.05, 4.69) is 15.5 Å². The molecule has 0 spiro atoms. The summed E-state index contributed by atoms with van der Waals surface area (Å²) in [7, 11) is 0. The van der Waals surface area contributed by atoms with Crippen LogP contribution in [-0.4, -0.2) is 28.6 Å². The van der Waals surface area contributed by atoms with E-state index in [0.717, 1.165) is 10.7 Å². The number of carbonyl (C=O) groups is 2. The summed E-state index contributed by atoms with van der Waals surface area (Å²) in [6, 6.07) is 12.8. The number of amides is 2. The Labute approximate surface area is 147 Å². The normalized spacial score (nSPS) is 17.0. The molecule has 1 aromatic carbocycles. The van der Waals surface area contributed by atoms with Crippen LogP contribution in [0.4, 0.5) is 10.8 Å². The summed E-state index contributed by atoms with van der Waals surface area (Å²) in [6.45, 7) is 0.559. The zero-order valence-corrected chi connectivity index (χ0v) is 13.9. The molecule has 2 amide bonds. The molecule has 1 aliphatic heterocycles. The third-order valence-corrected chi connectivity index (χ3v) is 4.95. The number of hydrogen-bond donors (Lipinski definition) is 1. The molecule has 1 fully saturated rings. The van der Waals surface area contributed by atoms with Crippen LogP contribution in [0.1, 0.15) is 27.9 Å². The molecular weight excluding hydrogens is 340 g/mol. The molecule has 1 N–H and O–H groups in total. The van der Waals surface area contributed by atoms with Crippen LogP contribution in [0.25, 0.3) is 0 Å². The number of benzene rings is 1. The van der Waals surface area contributed by atoms with Crippen LogP contribution in [0.5, 0.6) is 0 Å². The molecule has 0 saturated carbocycles. The smallest absolute Gasteiger partial charge is 0.293 e. The summed E-state index contributed by atoms with van der Waals surface area (Å²) in [4.78, 5) is 26.0. The van der Waals surface area contributed by atoms with Crippen molar-refractivity contribution in [3.8, 4) is 0 Å². The molecule has 2 aromatic heterocycles. The molecule has 0 radical (unpaired) electrons. The minimum absolute atomic E-state index is 0.0283. The zero-order chi connectivity index (χ0) is 17.2. The van der Waals surface area contributed by atoms with E-state index in [0.29, 0.717) is 18.1 Å². The number of furan rings is 1. The molecule has 1 saturated heterocycles. The van der Waals surface area contributed by atoms with Gasteiger partial charge in [0.2, 0.25) is 11.0 Å². The maximum absolute atomic E-state index is 12.3. The van der Waals surface area contributed by atoms with Gasteiger partial charge in [-0.15, -0.1) is 10.2 Å². The number of hydrogen-bond acceptors (Lipinski definition) is 6. The molecule has 1 unspecified atom stereocenters. The Kier molecular flexibility index (Phi) is 4.02. The summed E-state index contributed by atoms with van der Waals surface area (Å²) in [5, 5.41) is 11.9. The number of nitrogens with zero attached hydrogens (tertiary/aromatic N) is 3. The van der Waals surface area contributed by atoms with E-state index >= 15 is 0 Å². The highest BCUT2D eigenvalue weighted by atomic mass is 32.1. The van der Waals surface area contributed by atoms with Gasteiger partial charge < -0.3 is 9.32 Å². The number of rotatable bonds is 4. The standard InChI is InChI=1S/C17H14N4O3S/c22-14-9-11(10-21(14)12-5-2-1-3-6-12)16-19-20-17(25-16)18-15(23)13-7-4-8-24-13/h1-8,11H,9-10H2,(H,18,20,23). The van der Waals surface area contributed by atoms with E-state index < -0.39 is 0 Å². The molecule has 4 rings (SSSR count). The number of nitrogens with one attached hydrogen (secondary N) is 1. The summed E-state index contributed by atoms with van der Waals surface area (Å²) in [6.07, 6.45) is 1.82. The third kappa shape index (κ3) is 3.16. The van der Waals surface area contributed by atoms with Crippen molar-refractivity contribution in [1.82, 2.24) is 10.2 Å². The van der Waals surface area contributed by atoms with Gasteiger partial charge in [-0.3, -0.25) is 14.9 Å². The van der Waals surface area contributed by atoms with Gasteiger partial charge in [-0.1, -0.05) is 29.5 Å². The Bertz CT molecular complexity index is 892. The molecule has 1 aliphatic rings. The number of para-hydroxylation sites is 1. The minimum Gasteiger partial charge on any atom is -0.459 e. The number of aromatic nitrogens is 2. The first-order chi connectivity index (χ1) is 12.2. The Morgan fingerprint density at radius 3 is 2.80 bits per heavy atom. The van der Waals surface area contributed by atoms with Gasteiger partial charge in [0.25, 0.3) is 5.91 Å². The highest BCUT2D eigenvalue weighted by Gasteiger charge is 2.33. The number of anilines is 2. The first-order valence-electron chi connectivity index (χ1n) is 7.74. The Hall–Kier alpha value is -3.00. The lowest BCUT2D eigenvalue weighted by Crippen LogP contribution is -2.24. The lowest BCUT2D eigenvalue weighted by molar-refractivity contribution is -0.117. The van der Waals surface area contributed by atoms with E-state index in [1.54, 1.807) is 17.0 Å². The Balaban J connectivity index is 1.46. The van der Waals surface area contributed by atoms with Gasteiger partial charge in [0.05, 0.1) is 6.26 Å². The highest BCUT2D eigenvalue weighted by molar-refractivity contribution is 7.15. The van der Waals surface area contributed by atoms with Gasteiger partial charge in [0, 0.05) is 24.6 Å². The lowest BCUT2D eigenvalue weighted by Gasteiger charge is -2.15. The van der Waals surface area contributed by atoms with E-state index in [4.69, 9.17) is 4.42 Å². The van der Waals surface area contributed by atoms with Crippen molar-refractivity contribution >= 4 is 34.0 Å². The van der Waals surface area contributed by atoms with Crippen molar-refractivity contribution in [2.75, 3.05) is 16.8 Å². The largest absolute Gasteiger partial charge is 0.459 e. The molecule has 25 heavy (non-hydrogen) atoms. The van der Waals surface area contributed by atoms with Gasteiger partial charge in [0.1, 0.15) is 5.01 Å². The molecule has 3 aromatic rings. The van der Waals surface area contributed by atoms with Crippen molar-refractivity contribution in [3.63, 3.8) is 0 Å². The Morgan fingerprint density at radius 2 is 2.04 bits per heavy atom. The van der Waals surface area contributed by atoms with Gasteiger partial charge in [-0.2, -0.15) is 0 Å². The molecule has 0 aliphatic carbocycles. The van der Waals surface area contributed by atoms with E-state index in [1.807, 2.05) is 30.3 Å². The van der Waals surface area contributed by atoms with Crippen LogP contribution in [0.2, 0.25) is 0 Å². The fourth-order valence-corrected chi connectivity index (χ4v) is 3.58. The second-order valence-electron chi connectivity index (χ2n) is 5.62. The van der Waals surface area contributed by atoms with Crippen molar-refractivity contribution in [1.29, 1.82) is 0 Å². The summed E-state index contributed by atoms with van der Waals surface area (Å²) < 4.78 is 5.04. The fraction of sp³-hybridized carbons (Fsp3) is 0.176. The quantitative estimate of drug-likeness (QED) is 0.778. The second-order valence-corrected chi connectivity index (χ2v) is 6.63. The topological polar surface area (TPSA) is 88.3 Å². The van der Waals surface area contributed by atoms with E-state index in [1.165, 1.54) is 17.6 Å². The first-order valence-corrected chi connectivity index (χ1v) is 8.56. The average Bonchev–Trinajstić information content (AvgIpc) is 3.36. The Morgan fingerprint density at radius 1 is 1.20 bits per heavy atom. The highest BCUT2D eigenvalue weighted by Crippen LogP contribution is 2.34. The van der Waals surface area contributed by atoms with Crippen molar-refractivity contribution in [2.45, 2.75) is 12.3 Å². The van der Waals surface area contributed by atoms with Crippen LogP contribution in [0.3, 0.4) is 0 Å². The lowest BCUT2D eigenvalue weighted by atomic mass is 10.1. The predicted molar refractivity (Wildman–Crippen MR) is 92.7 cm³/mol.